The lowest BCUT2D eigenvalue weighted by molar-refractivity contribution is 0.210. The molecular formula is C17H21NO2. The molecule has 0 bridgehead atoms. The van der Waals surface area contributed by atoms with Crippen molar-refractivity contribution < 1.29 is 9.47 Å². The normalized spacial score (nSPS) is 11.7. The van der Waals surface area contributed by atoms with Gasteiger partial charge in [-0.05, 0) is 30.7 Å². The van der Waals surface area contributed by atoms with Crippen molar-refractivity contribution >= 4 is 5.69 Å². The van der Waals surface area contributed by atoms with E-state index >= 15 is 0 Å². The lowest BCUT2D eigenvalue weighted by Crippen LogP contribution is -2.25. The van der Waals surface area contributed by atoms with Gasteiger partial charge in [-0.1, -0.05) is 37.3 Å². The highest BCUT2D eigenvalue weighted by molar-refractivity contribution is 5.56. The third kappa shape index (κ3) is 3.92. The van der Waals surface area contributed by atoms with E-state index in [0.717, 1.165) is 30.2 Å². The summed E-state index contributed by atoms with van der Waals surface area (Å²) in [5.74, 6) is 1.75. The van der Waals surface area contributed by atoms with E-state index in [1.807, 2.05) is 54.6 Å². The number of anilines is 1. The molecular weight excluding hydrogens is 250 g/mol. The lowest BCUT2D eigenvalue weighted by Gasteiger charge is -2.19. The van der Waals surface area contributed by atoms with Crippen molar-refractivity contribution in [3.05, 3.63) is 54.6 Å². The second-order valence-corrected chi connectivity index (χ2v) is 4.54. The van der Waals surface area contributed by atoms with Crippen LogP contribution in [0.3, 0.4) is 0 Å². The summed E-state index contributed by atoms with van der Waals surface area (Å²) >= 11 is 0. The zero-order valence-electron chi connectivity index (χ0n) is 12.0. The predicted molar refractivity (Wildman–Crippen MR) is 82.6 cm³/mol. The Morgan fingerprint density at radius 1 is 1.00 bits per heavy atom. The average molecular weight is 271 g/mol. The van der Waals surface area contributed by atoms with E-state index in [9.17, 15) is 0 Å². The summed E-state index contributed by atoms with van der Waals surface area (Å²) in [6.45, 7) is 2.86. The van der Waals surface area contributed by atoms with Crippen LogP contribution in [-0.2, 0) is 0 Å². The predicted octanol–water partition coefficient (Wildman–Crippen LogP) is 3.96. The molecule has 2 aromatic carbocycles. The van der Waals surface area contributed by atoms with Crippen LogP contribution in [0.25, 0.3) is 0 Å². The quantitative estimate of drug-likeness (QED) is 0.826. The molecule has 0 aliphatic rings. The second-order valence-electron chi connectivity index (χ2n) is 4.54. The smallest absolute Gasteiger partial charge is 0.141 e. The van der Waals surface area contributed by atoms with Crippen molar-refractivity contribution in [2.24, 2.45) is 0 Å². The van der Waals surface area contributed by atoms with Crippen LogP contribution in [-0.4, -0.2) is 19.8 Å². The number of benzene rings is 2. The van der Waals surface area contributed by atoms with Crippen LogP contribution in [0.4, 0.5) is 5.69 Å². The van der Waals surface area contributed by atoms with Gasteiger partial charge in [0.25, 0.3) is 0 Å². The first-order chi connectivity index (χ1) is 9.83. The molecule has 3 nitrogen and oxygen atoms in total. The Kier molecular flexibility index (Phi) is 5.30. The van der Waals surface area contributed by atoms with Crippen LogP contribution in [0, 0.1) is 0 Å². The van der Waals surface area contributed by atoms with E-state index < -0.39 is 0 Å². The summed E-state index contributed by atoms with van der Waals surface area (Å²) in [6, 6.07) is 17.8. The number of nitrogens with one attached hydrogen (secondary N) is 1. The summed E-state index contributed by atoms with van der Waals surface area (Å²) in [5.41, 5.74) is 0.991. The fourth-order valence-electron chi connectivity index (χ4n) is 1.98. The molecule has 0 fully saturated rings. The summed E-state index contributed by atoms with van der Waals surface area (Å²) in [7, 11) is 1.68. The Hall–Kier alpha value is -2.16. The minimum Gasteiger partial charge on any atom is -0.495 e. The van der Waals surface area contributed by atoms with E-state index in [4.69, 9.17) is 9.47 Å². The van der Waals surface area contributed by atoms with E-state index in [0.29, 0.717) is 0 Å². The zero-order valence-corrected chi connectivity index (χ0v) is 12.0. The third-order valence-electron chi connectivity index (χ3n) is 3.13. The first-order valence-corrected chi connectivity index (χ1v) is 6.92. The minimum absolute atomic E-state index is 0.127. The molecule has 0 aliphatic carbocycles. The minimum atomic E-state index is 0.127. The number of para-hydroxylation sites is 3. The molecule has 20 heavy (non-hydrogen) atoms. The molecule has 1 unspecified atom stereocenters. The molecule has 3 heteroatoms. The molecule has 2 aromatic rings. The second kappa shape index (κ2) is 7.43. The van der Waals surface area contributed by atoms with E-state index in [2.05, 4.69) is 12.2 Å². The summed E-state index contributed by atoms with van der Waals surface area (Å²) in [6.07, 6.45) is 1.07. The first-order valence-electron chi connectivity index (χ1n) is 6.92. The van der Waals surface area contributed by atoms with Gasteiger partial charge in [-0.15, -0.1) is 0 Å². The van der Waals surface area contributed by atoms with Gasteiger partial charge in [-0.2, -0.15) is 0 Å². The van der Waals surface area contributed by atoms with Crippen LogP contribution in [0.1, 0.15) is 13.3 Å². The molecule has 0 amide bonds. The Morgan fingerprint density at radius 2 is 1.70 bits per heavy atom. The molecule has 0 radical (unpaired) electrons. The molecule has 0 aromatic heterocycles. The Labute approximate surface area is 120 Å². The van der Waals surface area contributed by atoms with Crippen LogP contribution in [0.2, 0.25) is 0 Å². The number of hydrogen-bond donors (Lipinski definition) is 1. The van der Waals surface area contributed by atoms with Crippen LogP contribution >= 0.6 is 0 Å². The maximum atomic E-state index is 5.96. The molecule has 0 heterocycles. The maximum absolute atomic E-state index is 5.96. The van der Waals surface area contributed by atoms with Crippen LogP contribution < -0.4 is 14.8 Å². The highest BCUT2D eigenvalue weighted by Gasteiger charge is 2.09. The van der Waals surface area contributed by atoms with Gasteiger partial charge in [-0.25, -0.2) is 0 Å². The molecule has 0 saturated heterocycles. The van der Waals surface area contributed by atoms with Crippen LogP contribution in [0.15, 0.2) is 54.6 Å². The van der Waals surface area contributed by atoms with E-state index in [-0.39, 0.29) is 6.10 Å². The molecule has 0 spiro atoms. The summed E-state index contributed by atoms with van der Waals surface area (Å²) in [4.78, 5) is 0. The Bertz CT molecular complexity index is 513. The molecule has 2 rings (SSSR count). The largest absolute Gasteiger partial charge is 0.495 e. The Morgan fingerprint density at radius 3 is 2.40 bits per heavy atom. The van der Waals surface area contributed by atoms with Crippen molar-refractivity contribution in [3.63, 3.8) is 0 Å². The zero-order chi connectivity index (χ0) is 14.2. The van der Waals surface area contributed by atoms with Crippen LogP contribution in [0.5, 0.6) is 11.5 Å². The number of methoxy groups -OCH3 is 1. The molecule has 1 atom stereocenters. The molecule has 1 N–H and O–H groups in total. The van der Waals surface area contributed by atoms with Crippen molar-refractivity contribution in [1.82, 2.24) is 0 Å². The third-order valence-corrected chi connectivity index (χ3v) is 3.13. The van der Waals surface area contributed by atoms with Gasteiger partial charge in [0, 0.05) is 0 Å². The SMILES string of the molecule is CCC(CNc1ccccc1OC)Oc1ccccc1. The van der Waals surface area contributed by atoms with Gasteiger partial charge in [0.1, 0.15) is 17.6 Å². The fraction of sp³-hybridized carbons (Fsp3) is 0.294. The average Bonchev–Trinajstić information content (AvgIpc) is 2.52. The monoisotopic (exact) mass is 271 g/mol. The van der Waals surface area contributed by atoms with Gasteiger partial charge < -0.3 is 14.8 Å². The van der Waals surface area contributed by atoms with Crippen molar-refractivity contribution in [2.75, 3.05) is 19.0 Å². The van der Waals surface area contributed by atoms with Crippen molar-refractivity contribution in [3.8, 4) is 11.5 Å². The summed E-state index contributed by atoms with van der Waals surface area (Å²) in [5, 5.41) is 3.39. The van der Waals surface area contributed by atoms with E-state index in [1.54, 1.807) is 7.11 Å². The van der Waals surface area contributed by atoms with Crippen molar-refractivity contribution in [2.45, 2.75) is 19.4 Å². The molecule has 0 saturated carbocycles. The van der Waals surface area contributed by atoms with Gasteiger partial charge in [0.2, 0.25) is 0 Å². The maximum Gasteiger partial charge on any atom is 0.141 e. The van der Waals surface area contributed by atoms with Gasteiger partial charge in [0.05, 0.1) is 19.3 Å². The van der Waals surface area contributed by atoms with Gasteiger partial charge >= 0.3 is 0 Å². The highest BCUT2D eigenvalue weighted by Crippen LogP contribution is 2.23. The summed E-state index contributed by atoms with van der Waals surface area (Å²) < 4.78 is 11.3. The fourth-order valence-corrected chi connectivity index (χ4v) is 1.98. The number of rotatable bonds is 7. The topological polar surface area (TPSA) is 30.5 Å². The lowest BCUT2D eigenvalue weighted by atomic mass is 10.2. The van der Waals surface area contributed by atoms with Gasteiger partial charge in [0.15, 0.2) is 0 Å². The first kappa shape index (κ1) is 14.3. The molecule has 0 aliphatic heterocycles. The van der Waals surface area contributed by atoms with Crippen molar-refractivity contribution in [1.29, 1.82) is 0 Å². The van der Waals surface area contributed by atoms with Gasteiger partial charge in [-0.3, -0.25) is 0 Å². The standard InChI is InChI=1S/C17H21NO2/c1-3-14(20-15-9-5-4-6-10-15)13-18-16-11-7-8-12-17(16)19-2/h4-12,14,18H,3,13H2,1-2H3. The van der Waals surface area contributed by atoms with E-state index in [1.165, 1.54) is 0 Å². The number of ether oxygens (including phenoxy) is 2. The highest BCUT2D eigenvalue weighted by atomic mass is 16.5. The molecule has 106 valence electrons. The Balaban J connectivity index is 1.94. The number of hydrogen-bond acceptors (Lipinski definition) is 3.